The van der Waals surface area contributed by atoms with Crippen LogP contribution in [0, 0.1) is 6.92 Å². The van der Waals surface area contributed by atoms with Crippen LogP contribution in [-0.4, -0.2) is 33.5 Å². The van der Waals surface area contributed by atoms with Gasteiger partial charge in [-0.3, -0.25) is 14.5 Å². The monoisotopic (exact) mass is 486 g/mol. The Morgan fingerprint density at radius 2 is 1.86 bits per heavy atom. The van der Waals surface area contributed by atoms with E-state index in [0.717, 1.165) is 10.3 Å². The average molecular weight is 487 g/mol. The molecule has 1 aromatic heterocycles. The number of amides is 1. The molecule has 1 aliphatic rings. The van der Waals surface area contributed by atoms with E-state index in [1.807, 2.05) is 32.0 Å². The molecule has 1 unspecified atom stereocenters. The van der Waals surface area contributed by atoms with Crippen LogP contribution in [0.3, 0.4) is 0 Å². The van der Waals surface area contributed by atoms with Crippen LogP contribution in [0.25, 0.3) is 16.0 Å². The molecule has 4 aromatic rings. The Bertz CT molecular complexity index is 1490. The zero-order chi connectivity index (χ0) is 24.7. The highest BCUT2D eigenvalue weighted by Gasteiger charge is 2.48. The molecule has 5 rings (SSSR count). The lowest BCUT2D eigenvalue weighted by Crippen LogP contribution is -2.29. The van der Waals surface area contributed by atoms with Crippen LogP contribution < -0.4 is 9.64 Å². The Morgan fingerprint density at radius 3 is 2.57 bits per heavy atom. The summed E-state index contributed by atoms with van der Waals surface area (Å²) in [4.78, 5) is 32.5. The van der Waals surface area contributed by atoms with Gasteiger partial charge in [0.25, 0.3) is 5.78 Å². The van der Waals surface area contributed by atoms with Crippen LogP contribution in [0.2, 0.25) is 0 Å². The number of aryl methyl sites for hydroxylation is 1. The molecule has 3 aromatic carbocycles. The molecular weight excluding hydrogens is 464 g/mol. The largest absolute Gasteiger partial charge is 0.508 e. The summed E-state index contributed by atoms with van der Waals surface area (Å²) in [5.41, 5.74) is 2.54. The number of rotatable bonds is 5. The van der Waals surface area contributed by atoms with Gasteiger partial charge in [-0.15, -0.1) is 0 Å². The van der Waals surface area contributed by atoms with E-state index in [0.29, 0.717) is 34.1 Å². The molecule has 8 heteroatoms. The van der Waals surface area contributed by atoms with Crippen molar-refractivity contribution in [2.45, 2.75) is 19.9 Å². The second-order valence-electron chi connectivity index (χ2n) is 8.19. The summed E-state index contributed by atoms with van der Waals surface area (Å²) in [7, 11) is 0. The van der Waals surface area contributed by atoms with Crippen molar-refractivity contribution in [1.29, 1.82) is 0 Å². The second kappa shape index (κ2) is 8.88. The summed E-state index contributed by atoms with van der Waals surface area (Å²) in [6.07, 6.45) is 0. The molecule has 1 atom stereocenters. The van der Waals surface area contributed by atoms with Gasteiger partial charge in [-0.2, -0.15) is 0 Å². The Balaban J connectivity index is 1.69. The number of ether oxygens (including phenoxy) is 1. The van der Waals surface area contributed by atoms with E-state index in [1.54, 1.807) is 36.4 Å². The highest BCUT2D eigenvalue weighted by molar-refractivity contribution is 7.22. The predicted molar refractivity (Wildman–Crippen MR) is 135 cm³/mol. The topological polar surface area (TPSA) is 100.0 Å². The highest BCUT2D eigenvalue weighted by Crippen LogP contribution is 2.44. The minimum absolute atomic E-state index is 0.0194. The molecule has 176 valence electrons. The molecule has 2 N–H and O–H groups in total. The number of hydrogen-bond donors (Lipinski definition) is 2. The van der Waals surface area contributed by atoms with Crippen molar-refractivity contribution in [1.82, 2.24) is 4.98 Å². The van der Waals surface area contributed by atoms with Crippen molar-refractivity contribution in [3.63, 3.8) is 0 Å². The van der Waals surface area contributed by atoms with E-state index in [1.165, 1.54) is 28.4 Å². The molecule has 1 amide bonds. The van der Waals surface area contributed by atoms with Crippen LogP contribution in [0.15, 0.2) is 72.3 Å². The highest BCUT2D eigenvalue weighted by atomic mass is 32.1. The van der Waals surface area contributed by atoms with Gasteiger partial charge in [0.15, 0.2) is 5.13 Å². The number of benzene rings is 3. The Morgan fingerprint density at radius 1 is 1.09 bits per heavy atom. The number of carbonyl (C=O) groups excluding carboxylic acids is 2. The second-order valence-corrected chi connectivity index (χ2v) is 9.20. The summed E-state index contributed by atoms with van der Waals surface area (Å²) in [6.45, 7) is 4.33. The smallest absolute Gasteiger partial charge is 0.301 e. The third kappa shape index (κ3) is 4.02. The fourth-order valence-corrected chi connectivity index (χ4v) is 5.28. The standard InChI is InChI=1S/C27H22N2O5S/c1-3-34-19-10-8-16(9-11-19)24(31)22-23(17-5-4-6-18(30)14-17)29(26(33)25(22)32)27-28-20-12-7-15(2)13-21(20)35-27/h4-14,23,30-31H,3H2,1-2H3. The summed E-state index contributed by atoms with van der Waals surface area (Å²) in [6, 6.07) is 17.8. The van der Waals surface area contributed by atoms with Gasteiger partial charge in [-0.1, -0.05) is 29.5 Å². The molecule has 0 spiro atoms. The Kier molecular flexibility index (Phi) is 5.74. The predicted octanol–water partition coefficient (Wildman–Crippen LogP) is 5.34. The Labute approximate surface area is 205 Å². The van der Waals surface area contributed by atoms with Gasteiger partial charge in [0.05, 0.1) is 28.4 Å². The first-order chi connectivity index (χ1) is 16.9. The number of aromatic nitrogens is 1. The number of thiazole rings is 1. The van der Waals surface area contributed by atoms with E-state index >= 15 is 0 Å². The van der Waals surface area contributed by atoms with Crippen molar-refractivity contribution < 1.29 is 24.5 Å². The van der Waals surface area contributed by atoms with Gasteiger partial charge in [0.1, 0.15) is 17.3 Å². The molecule has 1 aliphatic heterocycles. The first-order valence-electron chi connectivity index (χ1n) is 11.1. The number of aliphatic hydroxyl groups excluding tert-OH is 1. The lowest BCUT2D eigenvalue weighted by Gasteiger charge is -2.23. The lowest BCUT2D eigenvalue weighted by atomic mass is 9.95. The average Bonchev–Trinajstić information content (AvgIpc) is 3.37. The van der Waals surface area contributed by atoms with E-state index < -0.39 is 17.7 Å². The summed E-state index contributed by atoms with van der Waals surface area (Å²) < 4.78 is 6.34. The zero-order valence-electron chi connectivity index (χ0n) is 19.1. The van der Waals surface area contributed by atoms with Crippen LogP contribution in [-0.2, 0) is 9.59 Å². The number of Topliss-reactive ketones (excluding diaryl/α,β-unsaturated/α-hetero) is 1. The van der Waals surface area contributed by atoms with Crippen LogP contribution in [0.5, 0.6) is 11.5 Å². The number of nitrogens with zero attached hydrogens (tertiary/aromatic N) is 2. The number of fused-ring (bicyclic) bond motifs is 1. The van der Waals surface area contributed by atoms with Crippen LogP contribution >= 0.6 is 11.3 Å². The minimum atomic E-state index is -0.963. The normalized spacial score (nSPS) is 17.3. The van der Waals surface area contributed by atoms with Gasteiger partial charge >= 0.3 is 5.91 Å². The Hall–Kier alpha value is -4.17. The molecule has 1 saturated heterocycles. The molecule has 2 heterocycles. The summed E-state index contributed by atoms with van der Waals surface area (Å²) in [5, 5.41) is 21.7. The van der Waals surface area contributed by atoms with Gasteiger partial charge in [-0.05, 0) is 73.5 Å². The number of hydrogen-bond acceptors (Lipinski definition) is 7. The van der Waals surface area contributed by atoms with Gasteiger partial charge in [-0.25, -0.2) is 4.98 Å². The van der Waals surface area contributed by atoms with Gasteiger partial charge in [0.2, 0.25) is 0 Å². The SMILES string of the molecule is CCOc1ccc(C(O)=C2C(=O)C(=O)N(c3nc4ccc(C)cc4s3)C2c2cccc(O)c2)cc1. The van der Waals surface area contributed by atoms with Gasteiger partial charge in [0, 0.05) is 5.56 Å². The third-order valence-corrected chi connectivity index (χ3v) is 6.83. The lowest BCUT2D eigenvalue weighted by molar-refractivity contribution is -0.132. The van der Waals surface area contributed by atoms with Crippen molar-refractivity contribution in [2.24, 2.45) is 0 Å². The third-order valence-electron chi connectivity index (χ3n) is 5.81. The molecule has 0 bridgehead atoms. The quantitative estimate of drug-likeness (QED) is 0.225. The molecule has 0 radical (unpaired) electrons. The van der Waals surface area contributed by atoms with Crippen molar-refractivity contribution >= 4 is 44.1 Å². The fraction of sp³-hybridized carbons (Fsp3) is 0.148. The van der Waals surface area contributed by atoms with Gasteiger partial charge < -0.3 is 14.9 Å². The van der Waals surface area contributed by atoms with E-state index in [4.69, 9.17) is 4.74 Å². The zero-order valence-corrected chi connectivity index (χ0v) is 19.9. The number of anilines is 1. The van der Waals surface area contributed by atoms with Crippen molar-refractivity contribution in [3.05, 3.63) is 89.0 Å². The summed E-state index contributed by atoms with van der Waals surface area (Å²) in [5.74, 6) is -1.31. The first-order valence-corrected chi connectivity index (χ1v) is 11.9. The molecule has 0 aliphatic carbocycles. The number of carbonyl (C=O) groups is 2. The first kappa shape index (κ1) is 22.6. The molecule has 7 nitrogen and oxygen atoms in total. The maximum atomic E-state index is 13.3. The summed E-state index contributed by atoms with van der Waals surface area (Å²) >= 11 is 1.29. The number of phenolic OH excluding ortho intramolecular Hbond substituents is 1. The van der Waals surface area contributed by atoms with Crippen molar-refractivity contribution in [3.8, 4) is 11.5 Å². The van der Waals surface area contributed by atoms with E-state index in [-0.39, 0.29) is 17.1 Å². The van der Waals surface area contributed by atoms with Crippen LogP contribution in [0.4, 0.5) is 5.13 Å². The number of aromatic hydroxyl groups is 1. The molecule has 1 fully saturated rings. The minimum Gasteiger partial charge on any atom is -0.508 e. The molecule has 35 heavy (non-hydrogen) atoms. The maximum Gasteiger partial charge on any atom is 0.301 e. The molecule has 0 saturated carbocycles. The number of aliphatic hydroxyl groups is 1. The maximum absolute atomic E-state index is 13.3. The van der Waals surface area contributed by atoms with E-state index in [2.05, 4.69) is 4.98 Å². The van der Waals surface area contributed by atoms with E-state index in [9.17, 15) is 19.8 Å². The van der Waals surface area contributed by atoms with Crippen molar-refractivity contribution in [2.75, 3.05) is 11.5 Å². The number of phenols is 1. The number of ketones is 1. The van der Waals surface area contributed by atoms with Crippen LogP contribution in [0.1, 0.15) is 29.7 Å². The molecular formula is C27H22N2O5S. The fourth-order valence-electron chi connectivity index (χ4n) is 4.19.